The van der Waals surface area contributed by atoms with Crippen LogP contribution in [-0.4, -0.2) is 60.1 Å². The Bertz CT molecular complexity index is 453. The standard InChI is InChI=1S/C17H30N4O/c1-20(2)12-15-10-18-17(19-15)16-13-21(8-9-22-16)11-14-6-4-3-5-7-14/h10,14,16H,3-9,11-13H2,1-2H3,(H,18,19). The smallest absolute Gasteiger partial charge is 0.136 e. The first-order valence-electron chi connectivity index (χ1n) is 8.73. The number of hydrogen-bond acceptors (Lipinski definition) is 4. The molecule has 1 atom stereocenters. The number of morpholine rings is 1. The number of aromatic amines is 1. The van der Waals surface area contributed by atoms with E-state index in [0.717, 1.165) is 43.7 Å². The minimum absolute atomic E-state index is 0.105. The fourth-order valence-corrected chi connectivity index (χ4v) is 3.73. The van der Waals surface area contributed by atoms with Gasteiger partial charge in [0.2, 0.25) is 0 Å². The Balaban J connectivity index is 1.54. The van der Waals surface area contributed by atoms with Gasteiger partial charge in [0.15, 0.2) is 0 Å². The van der Waals surface area contributed by atoms with Crippen molar-refractivity contribution in [1.29, 1.82) is 0 Å². The van der Waals surface area contributed by atoms with Crippen LogP contribution in [0.3, 0.4) is 0 Å². The molecule has 5 heteroatoms. The zero-order chi connectivity index (χ0) is 15.4. The summed E-state index contributed by atoms with van der Waals surface area (Å²) in [5.41, 5.74) is 1.16. The fourth-order valence-electron chi connectivity index (χ4n) is 3.73. The molecule has 1 saturated heterocycles. The molecule has 0 aromatic carbocycles. The van der Waals surface area contributed by atoms with E-state index in [4.69, 9.17) is 4.74 Å². The Morgan fingerprint density at radius 1 is 1.32 bits per heavy atom. The Kier molecular flexibility index (Phi) is 5.50. The van der Waals surface area contributed by atoms with Gasteiger partial charge in [0.05, 0.1) is 6.61 Å². The number of H-pyrrole nitrogens is 1. The molecule has 124 valence electrons. The van der Waals surface area contributed by atoms with Crippen LogP contribution in [0.25, 0.3) is 0 Å². The van der Waals surface area contributed by atoms with E-state index < -0.39 is 0 Å². The molecule has 2 heterocycles. The van der Waals surface area contributed by atoms with Crippen molar-refractivity contribution in [3.8, 4) is 0 Å². The van der Waals surface area contributed by atoms with Crippen LogP contribution in [0.5, 0.6) is 0 Å². The van der Waals surface area contributed by atoms with Crippen LogP contribution in [0.15, 0.2) is 6.20 Å². The van der Waals surface area contributed by atoms with E-state index in [-0.39, 0.29) is 6.10 Å². The molecule has 1 unspecified atom stereocenters. The zero-order valence-electron chi connectivity index (χ0n) is 14.1. The average molecular weight is 306 g/mol. The highest BCUT2D eigenvalue weighted by molar-refractivity contribution is 5.04. The second kappa shape index (κ2) is 7.57. The molecule has 3 rings (SSSR count). The Morgan fingerprint density at radius 2 is 2.14 bits per heavy atom. The van der Waals surface area contributed by atoms with Gasteiger partial charge >= 0.3 is 0 Å². The summed E-state index contributed by atoms with van der Waals surface area (Å²) in [6.07, 6.45) is 9.15. The van der Waals surface area contributed by atoms with Gasteiger partial charge < -0.3 is 14.6 Å². The van der Waals surface area contributed by atoms with Gasteiger partial charge in [-0.15, -0.1) is 0 Å². The largest absolute Gasteiger partial charge is 0.368 e. The van der Waals surface area contributed by atoms with Crippen LogP contribution in [0.2, 0.25) is 0 Å². The van der Waals surface area contributed by atoms with E-state index in [2.05, 4.69) is 33.9 Å². The molecule has 2 aliphatic rings. The number of rotatable bonds is 5. The maximum Gasteiger partial charge on any atom is 0.136 e. The highest BCUT2D eigenvalue weighted by Crippen LogP contribution is 2.27. The van der Waals surface area contributed by atoms with E-state index in [1.165, 1.54) is 38.6 Å². The molecule has 1 aromatic heterocycles. The second-order valence-corrected chi connectivity index (χ2v) is 7.15. The normalized spacial score (nSPS) is 25.0. The predicted molar refractivity (Wildman–Crippen MR) is 87.7 cm³/mol. The molecule has 2 fully saturated rings. The second-order valence-electron chi connectivity index (χ2n) is 7.15. The van der Waals surface area contributed by atoms with Crippen molar-refractivity contribution in [2.75, 3.05) is 40.3 Å². The lowest BCUT2D eigenvalue weighted by molar-refractivity contribution is -0.0397. The number of nitrogens with zero attached hydrogens (tertiary/aromatic N) is 3. The molecule has 1 aromatic rings. The van der Waals surface area contributed by atoms with Crippen LogP contribution in [0.1, 0.15) is 49.7 Å². The molecule has 1 aliphatic heterocycles. The first-order valence-corrected chi connectivity index (χ1v) is 8.73. The summed E-state index contributed by atoms with van der Waals surface area (Å²) in [6.45, 7) is 5.00. The van der Waals surface area contributed by atoms with E-state index in [1.807, 2.05) is 6.20 Å². The molecule has 22 heavy (non-hydrogen) atoms. The highest BCUT2D eigenvalue weighted by atomic mass is 16.5. The first-order chi connectivity index (χ1) is 10.7. The lowest BCUT2D eigenvalue weighted by atomic mass is 9.89. The predicted octanol–water partition coefficient (Wildman–Crippen LogP) is 2.42. The molecule has 1 aliphatic carbocycles. The summed E-state index contributed by atoms with van der Waals surface area (Å²) in [5.74, 6) is 1.89. The number of imidazole rings is 1. The van der Waals surface area contributed by atoms with Crippen molar-refractivity contribution >= 4 is 0 Å². The Labute approximate surface area is 134 Å². The van der Waals surface area contributed by atoms with Gasteiger partial charge in [-0.3, -0.25) is 4.90 Å². The fraction of sp³-hybridized carbons (Fsp3) is 0.824. The topological polar surface area (TPSA) is 44.4 Å². The van der Waals surface area contributed by atoms with E-state index in [9.17, 15) is 0 Å². The minimum atomic E-state index is 0.105. The van der Waals surface area contributed by atoms with Crippen LogP contribution < -0.4 is 0 Å². The monoisotopic (exact) mass is 306 g/mol. The SMILES string of the molecule is CN(C)Cc1cnc(C2CN(CC3CCCCC3)CCO2)[nH]1. The Morgan fingerprint density at radius 3 is 2.91 bits per heavy atom. The van der Waals surface area contributed by atoms with Crippen molar-refractivity contribution in [2.45, 2.75) is 44.8 Å². The molecule has 0 spiro atoms. The minimum Gasteiger partial charge on any atom is -0.368 e. The van der Waals surface area contributed by atoms with Crippen LogP contribution in [-0.2, 0) is 11.3 Å². The van der Waals surface area contributed by atoms with Gasteiger partial charge in [-0.05, 0) is 32.9 Å². The zero-order valence-corrected chi connectivity index (χ0v) is 14.1. The summed E-state index contributed by atoms with van der Waals surface area (Å²) in [4.78, 5) is 12.7. The van der Waals surface area contributed by atoms with Crippen LogP contribution >= 0.6 is 0 Å². The molecule has 0 amide bonds. The van der Waals surface area contributed by atoms with Crippen LogP contribution in [0.4, 0.5) is 0 Å². The van der Waals surface area contributed by atoms with Gasteiger partial charge in [-0.25, -0.2) is 4.98 Å². The number of nitrogens with one attached hydrogen (secondary N) is 1. The summed E-state index contributed by atoms with van der Waals surface area (Å²) in [5, 5.41) is 0. The van der Waals surface area contributed by atoms with E-state index >= 15 is 0 Å². The molecular formula is C17H30N4O. The highest BCUT2D eigenvalue weighted by Gasteiger charge is 2.26. The van der Waals surface area contributed by atoms with Gasteiger partial charge in [0, 0.05) is 38.1 Å². The van der Waals surface area contributed by atoms with E-state index in [1.54, 1.807) is 0 Å². The van der Waals surface area contributed by atoms with Gasteiger partial charge in [0.1, 0.15) is 11.9 Å². The maximum absolute atomic E-state index is 5.95. The molecule has 1 N–H and O–H groups in total. The molecule has 1 saturated carbocycles. The summed E-state index contributed by atoms with van der Waals surface area (Å²) in [6, 6.07) is 0. The third kappa shape index (κ3) is 4.31. The van der Waals surface area contributed by atoms with Gasteiger partial charge in [-0.1, -0.05) is 19.3 Å². The first kappa shape index (κ1) is 16.0. The summed E-state index contributed by atoms with van der Waals surface area (Å²) in [7, 11) is 4.15. The van der Waals surface area contributed by atoms with E-state index in [0.29, 0.717) is 0 Å². The van der Waals surface area contributed by atoms with Crippen molar-refractivity contribution in [3.05, 3.63) is 17.7 Å². The lowest BCUT2D eigenvalue weighted by Crippen LogP contribution is -2.41. The molecule has 5 nitrogen and oxygen atoms in total. The third-order valence-electron chi connectivity index (χ3n) is 4.83. The third-order valence-corrected chi connectivity index (χ3v) is 4.83. The van der Waals surface area contributed by atoms with Crippen LogP contribution in [0, 0.1) is 5.92 Å². The Hall–Kier alpha value is -0.910. The summed E-state index contributed by atoms with van der Waals surface area (Å²) < 4.78 is 5.95. The molecule has 0 bridgehead atoms. The van der Waals surface area contributed by atoms with Crippen molar-refractivity contribution in [3.63, 3.8) is 0 Å². The quantitative estimate of drug-likeness (QED) is 0.907. The van der Waals surface area contributed by atoms with Gasteiger partial charge in [-0.2, -0.15) is 0 Å². The average Bonchev–Trinajstić information content (AvgIpc) is 2.96. The maximum atomic E-state index is 5.95. The summed E-state index contributed by atoms with van der Waals surface area (Å²) >= 11 is 0. The van der Waals surface area contributed by atoms with Crippen molar-refractivity contribution in [1.82, 2.24) is 19.8 Å². The molecule has 0 radical (unpaired) electrons. The van der Waals surface area contributed by atoms with Crippen molar-refractivity contribution < 1.29 is 4.74 Å². The van der Waals surface area contributed by atoms with Gasteiger partial charge in [0.25, 0.3) is 0 Å². The lowest BCUT2D eigenvalue weighted by Gasteiger charge is -2.35. The molecular weight excluding hydrogens is 276 g/mol. The van der Waals surface area contributed by atoms with Crippen molar-refractivity contribution in [2.24, 2.45) is 5.92 Å². The number of ether oxygens (including phenoxy) is 1. The number of aromatic nitrogens is 2. The number of hydrogen-bond donors (Lipinski definition) is 1.